The van der Waals surface area contributed by atoms with Gasteiger partial charge in [-0.1, -0.05) is 12.1 Å². The van der Waals surface area contributed by atoms with Crippen molar-refractivity contribution in [3.05, 3.63) is 53.6 Å². The lowest BCUT2D eigenvalue weighted by Crippen LogP contribution is -2.49. The molecule has 1 fully saturated rings. The van der Waals surface area contributed by atoms with Gasteiger partial charge in [-0.15, -0.1) is 0 Å². The molecule has 1 atom stereocenters. The van der Waals surface area contributed by atoms with Crippen molar-refractivity contribution in [1.82, 2.24) is 25.1 Å². The van der Waals surface area contributed by atoms with E-state index in [1.54, 1.807) is 26.2 Å². The van der Waals surface area contributed by atoms with E-state index < -0.39 is 0 Å². The highest BCUT2D eigenvalue weighted by Gasteiger charge is 2.30. The average Bonchev–Trinajstić information content (AvgIpc) is 3.14. The summed E-state index contributed by atoms with van der Waals surface area (Å²) in [5, 5.41) is 2.65. The van der Waals surface area contributed by atoms with Gasteiger partial charge in [0.1, 0.15) is 5.82 Å². The number of nitrogens with zero attached hydrogens (tertiary/aromatic N) is 3. The van der Waals surface area contributed by atoms with Crippen LogP contribution in [0.1, 0.15) is 34.7 Å². The van der Waals surface area contributed by atoms with Gasteiger partial charge in [0.05, 0.1) is 12.6 Å². The van der Waals surface area contributed by atoms with Crippen molar-refractivity contribution in [1.29, 1.82) is 0 Å². The Morgan fingerprint density at radius 2 is 2.20 bits per heavy atom. The minimum absolute atomic E-state index is 0.0207. The van der Waals surface area contributed by atoms with E-state index in [1.165, 1.54) is 0 Å². The number of piperazine rings is 1. The summed E-state index contributed by atoms with van der Waals surface area (Å²) in [6, 6.07) is 7.62. The van der Waals surface area contributed by atoms with Crippen LogP contribution < -0.4 is 5.32 Å². The summed E-state index contributed by atoms with van der Waals surface area (Å²) < 4.78 is 0. The minimum atomic E-state index is -0.112. The summed E-state index contributed by atoms with van der Waals surface area (Å²) >= 11 is 0. The molecule has 1 unspecified atom stereocenters. The summed E-state index contributed by atoms with van der Waals surface area (Å²) in [6.45, 7) is 4.33. The average molecular weight is 341 g/mol. The van der Waals surface area contributed by atoms with Crippen LogP contribution >= 0.6 is 0 Å². The van der Waals surface area contributed by atoms with Crippen LogP contribution in [0.4, 0.5) is 0 Å². The molecule has 1 aromatic carbocycles. The van der Waals surface area contributed by atoms with Gasteiger partial charge in [-0.25, -0.2) is 4.98 Å². The fourth-order valence-corrected chi connectivity index (χ4v) is 3.22. The Hall–Kier alpha value is -2.67. The maximum absolute atomic E-state index is 12.0. The number of hydrogen-bond donors (Lipinski definition) is 2. The number of nitrogens with one attached hydrogen (secondary N) is 2. The van der Waals surface area contributed by atoms with Crippen LogP contribution in [0.3, 0.4) is 0 Å². The molecular weight excluding hydrogens is 318 g/mol. The molecule has 0 bridgehead atoms. The molecule has 1 aliphatic rings. The van der Waals surface area contributed by atoms with Crippen LogP contribution in [0.2, 0.25) is 0 Å². The standard InChI is InChI=1S/C18H23N5O2/c1-13(24)22-8-9-23(12-17-20-6-7-21-17)16(11-22)14-4-3-5-15(10-14)18(25)19-2/h3-7,10,16H,8-9,11-12H2,1-2H3,(H,19,25)(H,20,21). The van der Waals surface area contributed by atoms with Crippen molar-refractivity contribution in [3.63, 3.8) is 0 Å². The predicted octanol–water partition coefficient (Wildman–Crippen LogP) is 1.17. The van der Waals surface area contributed by atoms with Crippen molar-refractivity contribution in [2.75, 3.05) is 26.7 Å². The molecule has 2 aromatic rings. The van der Waals surface area contributed by atoms with E-state index in [-0.39, 0.29) is 17.9 Å². The van der Waals surface area contributed by atoms with Gasteiger partial charge in [-0.2, -0.15) is 0 Å². The van der Waals surface area contributed by atoms with Gasteiger partial charge in [-0.05, 0) is 17.7 Å². The summed E-state index contributed by atoms with van der Waals surface area (Å²) in [5.41, 5.74) is 1.65. The Kier molecular flexibility index (Phi) is 5.14. The van der Waals surface area contributed by atoms with Gasteiger partial charge < -0.3 is 15.2 Å². The Balaban J connectivity index is 1.88. The first-order valence-electron chi connectivity index (χ1n) is 8.38. The molecular formula is C18H23N5O2. The second kappa shape index (κ2) is 7.48. The third kappa shape index (κ3) is 3.88. The van der Waals surface area contributed by atoms with Crippen molar-refractivity contribution >= 4 is 11.8 Å². The monoisotopic (exact) mass is 341 g/mol. The molecule has 3 rings (SSSR count). The Labute approximate surface area is 147 Å². The Morgan fingerprint density at radius 1 is 1.36 bits per heavy atom. The van der Waals surface area contributed by atoms with Gasteiger partial charge in [-0.3, -0.25) is 14.5 Å². The predicted molar refractivity (Wildman–Crippen MR) is 93.8 cm³/mol. The van der Waals surface area contributed by atoms with Crippen molar-refractivity contribution in [3.8, 4) is 0 Å². The Bertz CT molecular complexity index is 744. The van der Waals surface area contributed by atoms with Crippen LogP contribution in [0.25, 0.3) is 0 Å². The molecule has 7 nitrogen and oxygen atoms in total. The molecule has 0 aliphatic carbocycles. The molecule has 2 N–H and O–H groups in total. The van der Waals surface area contributed by atoms with Gasteiger partial charge in [0.25, 0.3) is 5.91 Å². The quantitative estimate of drug-likeness (QED) is 0.875. The van der Waals surface area contributed by atoms with Crippen molar-refractivity contribution in [2.24, 2.45) is 0 Å². The molecule has 7 heteroatoms. The second-order valence-corrected chi connectivity index (χ2v) is 6.19. The third-order valence-electron chi connectivity index (χ3n) is 4.60. The molecule has 0 radical (unpaired) electrons. The van der Waals surface area contributed by atoms with Crippen LogP contribution in [0, 0.1) is 0 Å². The lowest BCUT2D eigenvalue weighted by atomic mass is 9.99. The lowest BCUT2D eigenvalue weighted by molar-refractivity contribution is -0.132. The molecule has 132 valence electrons. The van der Waals surface area contributed by atoms with Crippen LogP contribution in [0.15, 0.2) is 36.7 Å². The summed E-state index contributed by atoms with van der Waals surface area (Å²) in [5.74, 6) is 0.854. The zero-order chi connectivity index (χ0) is 17.8. The van der Waals surface area contributed by atoms with E-state index in [0.717, 1.165) is 17.9 Å². The van der Waals surface area contributed by atoms with E-state index in [1.807, 2.05) is 29.3 Å². The van der Waals surface area contributed by atoms with Crippen molar-refractivity contribution < 1.29 is 9.59 Å². The summed E-state index contributed by atoms with van der Waals surface area (Å²) in [7, 11) is 1.62. The highest BCUT2D eigenvalue weighted by atomic mass is 16.2. The fraction of sp³-hybridized carbons (Fsp3) is 0.389. The first-order valence-corrected chi connectivity index (χ1v) is 8.38. The van der Waals surface area contributed by atoms with Crippen LogP contribution in [-0.4, -0.2) is 58.3 Å². The number of H-pyrrole nitrogens is 1. The first-order chi connectivity index (χ1) is 12.1. The number of hydrogen-bond acceptors (Lipinski definition) is 4. The minimum Gasteiger partial charge on any atom is -0.355 e. The second-order valence-electron chi connectivity index (χ2n) is 6.19. The summed E-state index contributed by atoms with van der Waals surface area (Å²) in [4.78, 5) is 35.4. The molecule has 1 saturated heterocycles. The number of imidazole rings is 1. The maximum Gasteiger partial charge on any atom is 0.251 e. The van der Waals surface area contributed by atoms with E-state index in [2.05, 4.69) is 20.2 Å². The molecule has 1 aromatic heterocycles. The maximum atomic E-state index is 12.0. The number of carbonyl (C=O) groups excluding carboxylic acids is 2. The SMILES string of the molecule is CNC(=O)c1cccc(C2CN(C(C)=O)CCN2Cc2ncc[nH]2)c1. The van der Waals surface area contributed by atoms with Crippen LogP contribution in [-0.2, 0) is 11.3 Å². The van der Waals surface area contributed by atoms with Gasteiger partial charge in [0.2, 0.25) is 5.91 Å². The normalized spacial score (nSPS) is 18.2. The Morgan fingerprint density at radius 3 is 2.88 bits per heavy atom. The molecule has 1 aliphatic heterocycles. The zero-order valence-corrected chi connectivity index (χ0v) is 14.5. The van der Waals surface area contributed by atoms with E-state index in [9.17, 15) is 9.59 Å². The highest BCUT2D eigenvalue weighted by Crippen LogP contribution is 2.27. The largest absolute Gasteiger partial charge is 0.355 e. The van der Waals surface area contributed by atoms with Gasteiger partial charge in [0.15, 0.2) is 0 Å². The van der Waals surface area contributed by atoms with E-state index in [4.69, 9.17) is 0 Å². The fourth-order valence-electron chi connectivity index (χ4n) is 3.22. The number of aromatic amines is 1. The number of amides is 2. The van der Waals surface area contributed by atoms with E-state index in [0.29, 0.717) is 25.2 Å². The van der Waals surface area contributed by atoms with Gasteiger partial charge in [0, 0.05) is 51.6 Å². The number of benzene rings is 1. The molecule has 0 saturated carbocycles. The molecule has 25 heavy (non-hydrogen) atoms. The van der Waals surface area contributed by atoms with Crippen LogP contribution in [0.5, 0.6) is 0 Å². The smallest absolute Gasteiger partial charge is 0.251 e. The van der Waals surface area contributed by atoms with Crippen molar-refractivity contribution in [2.45, 2.75) is 19.5 Å². The number of carbonyl (C=O) groups is 2. The molecule has 2 heterocycles. The number of aromatic nitrogens is 2. The zero-order valence-electron chi connectivity index (χ0n) is 14.5. The first kappa shape index (κ1) is 17.2. The van der Waals surface area contributed by atoms with Gasteiger partial charge >= 0.3 is 0 Å². The highest BCUT2D eigenvalue weighted by molar-refractivity contribution is 5.94. The third-order valence-corrected chi connectivity index (χ3v) is 4.60. The van der Waals surface area contributed by atoms with E-state index >= 15 is 0 Å². The molecule has 2 amide bonds. The topological polar surface area (TPSA) is 81.3 Å². The lowest BCUT2D eigenvalue weighted by Gasteiger charge is -2.41. The number of rotatable bonds is 4. The summed E-state index contributed by atoms with van der Waals surface area (Å²) in [6.07, 6.45) is 3.55. The molecule has 0 spiro atoms.